The van der Waals surface area contributed by atoms with Gasteiger partial charge in [-0.3, -0.25) is 4.79 Å². The fraction of sp³-hybridized carbons (Fsp3) is 0.143. The number of carbonyl (C=O) groups excluding carboxylic acids is 1. The fourth-order valence-electron chi connectivity index (χ4n) is 2.95. The summed E-state index contributed by atoms with van der Waals surface area (Å²) in [5, 5.41) is 5.96. The SMILES string of the molecule is CCc1ccc(CC(=O)Nc2nc3ccc4ccccc4c3s2)cc1. The van der Waals surface area contributed by atoms with E-state index in [4.69, 9.17) is 0 Å². The average molecular weight is 346 g/mol. The summed E-state index contributed by atoms with van der Waals surface area (Å²) in [4.78, 5) is 16.9. The molecular formula is C21H18N2OS. The van der Waals surface area contributed by atoms with Gasteiger partial charge in [0, 0.05) is 5.39 Å². The Kier molecular flexibility index (Phi) is 4.20. The van der Waals surface area contributed by atoms with Crippen molar-refractivity contribution in [3.63, 3.8) is 0 Å². The zero-order valence-corrected chi connectivity index (χ0v) is 14.8. The molecule has 0 aliphatic heterocycles. The molecule has 25 heavy (non-hydrogen) atoms. The van der Waals surface area contributed by atoms with Crippen molar-refractivity contribution in [3.8, 4) is 0 Å². The average Bonchev–Trinajstić information content (AvgIpc) is 3.05. The topological polar surface area (TPSA) is 42.0 Å². The lowest BCUT2D eigenvalue weighted by Gasteiger charge is -2.03. The number of benzene rings is 3. The lowest BCUT2D eigenvalue weighted by molar-refractivity contribution is -0.115. The van der Waals surface area contributed by atoms with Gasteiger partial charge in [0.25, 0.3) is 0 Å². The van der Waals surface area contributed by atoms with E-state index in [0.717, 1.165) is 22.2 Å². The highest BCUT2D eigenvalue weighted by molar-refractivity contribution is 7.23. The van der Waals surface area contributed by atoms with Crippen molar-refractivity contribution >= 4 is 43.4 Å². The zero-order valence-electron chi connectivity index (χ0n) is 14.0. The Bertz CT molecular complexity index is 1050. The molecule has 0 aliphatic rings. The molecule has 124 valence electrons. The number of carbonyl (C=O) groups is 1. The molecule has 3 aromatic carbocycles. The van der Waals surface area contributed by atoms with Crippen LogP contribution in [0.15, 0.2) is 60.7 Å². The van der Waals surface area contributed by atoms with Crippen LogP contribution in [0.3, 0.4) is 0 Å². The summed E-state index contributed by atoms with van der Waals surface area (Å²) in [5.74, 6) is -0.0346. The molecule has 0 bridgehead atoms. The second kappa shape index (κ2) is 6.65. The first-order valence-corrected chi connectivity index (χ1v) is 9.20. The Labute approximate surface area is 150 Å². The molecule has 4 aromatic rings. The van der Waals surface area contributed by atoms with E-state index in [2.05, 4.69) is 47.6 Å². The van der Waals surface area contributed by atoms with Crippen molar-refractivity contribution in [2.24, 2.45) is 0 Å². The molecule has 4 rings (SSSR count). The van der Waals surface area contributed by atoms with Crippen LogP contribution in [0.5, 0.6) is 0 Å². The maximum absolute atomic E-state index is 12.3. The smallest absolute Gasteiger partial charge is 0.230 e. The number of aromatic nitrogens is 1. The van der Waals surface area contributed by atoms with Gasteiger partial charge in [-0.15, -0.1) is 0 Å². The number of hydrogen-bond acceptors (Lipinski definition) is 3. The summed E-state index contributed by atoms with van der Waals surface area (Å²) in [7, 11) is 0. The Balaban J connectivity index is 1.55. The van der Waals surface area contributed by atoms with E-state index < -0.39 is 0 Å². The van der Waals surface area contributed by atoms with E-state index in [9.17, 15) is 4.79 Å². The maximum atomic E-state index is 12.3. The molecule has 0 aliphatic carbocycles. The van der Waals surface area contributed by atoms with Crippen LogP contribution in [0.25, 0.3) is 21.0 Å². The first kappa shape index (κ1) is 15.8. The molecular weight excluding hydrogens is 328 g/mol. The van der Waals surface area contributed by atoms with E-state index in [0.29, 0.717) is 11.6 Å². The highest BCUT2D eigenvalue weighted by Gasteiger charge is 2.10. The lowest BCUT2D eigenvalue weighted by atomic mass is 10.1. The van der Waals surface area contributed by atoms with Crippen LogP contribution < -0.4 is 5.32 Å². The normalized spacial score (nSPS) is 11.1. The third-order valence-corrected chi connectivity index (χ3v) is 5.34. The summed E-state index contributed by atoms with van der Waals surface area (Å²) in [6.07, 6.45) is 1.37. The first-order valence-electron chi connectivity index (χ1n) is 8.39. The highest BCUT2D eigenvalue weighted by Crippen LogP contribution is 2.32. The second-order valence-electron chi connectivity index (χ2n) is 6.05. The minimum atomic E-state index is -0.0346. The molecule has 0 atom stereocenters. The monoisotopic (exact) mass is 346 g/mol. The number of hydrogen-bond donors (Lipinski definition) is 1. The lowest BCUT2D eigenvalue weighted by Crippen LogP contribution is -2.14. The second-order valence-corrected chi connectivity index (χ2v) is 7.05. The highest BCUT2D eigenvalue weighted by atomic mass is 32.1. The molecule has 1 amide bonds. The van der Waals surface area contributed by atoms with Gasteiger partial charge in [-0.05, 0) is 29.0 Å². The van der Waals surface area contributed by atoms with E-state index in [1.165, 1.54) is 27.7 Å². The van der Waals surface area contributed by atoms with Gasteiger partial charge in [0.1, 0.15) is 0 Å². The molecule has 0 saturated carbocycles. The Morgan fingerprint density at radius 3 is 2.56 bits per heavy atom. The van der Waals surface area contributed by atoms with Crippen LogP contribution in [-0.2, 0) is 17.6 Å². The summed E-state index contributed by atoms with van der Waals surface area (Å²) < 4.78 is 1.11. The molecule has 0 unspecified atom stereocenters. The largest absolute Gasteiger partial charge is 0.302 e. The molecule has 4 heteroatoms. The van der Waals surface area contributed by atoms with Crippen molar-refractivity contribution in [3.05, 3.63) is 71.8 Å². The van der Waals surface area contributed by atoms with Crippen molar-refractivity contribution in [2.75, 3.05) is 5.32 Å². The maximum Gasteiger partial charge on any atom is 0.230 e. The number of anilines is 1. The Hall–Kier alpha value is -2.72. The number of amides is 1. The summed E-state index contributed by atoms with van der Waals surface area (Å²) >= 11 is 1.53. The van der Waals surface area contributed by atoms with Gasteiger partial charge in [0.05, 0.1) is 16.6 Å². The number of fused-ring (bicyclic) bond motifs is 3. The van der Waals surface area contributed by atoms with E-state index in [1.54, 1.807) is 0 Å². The predicted octanol–water partition coefficient (Wildman–Crippen LogP) is 5.19. The molecule has 3 nitrogen and oxygen atoms in total. The van der Waals surface area contributed by atoms with Gasteiger partial charge in [-0.25, -0.2) is 4.98 Å². The molecule has 0 spiro atoms. The number of nitrogens with one attached hydrogen (secondary N) is 1. The van der Waals surface area contributed by atoms with Crippen molar-refractivity contribution in [1.29, 1.82) is 0 Å². The fourth-order valence-corrected chi connectivity index (χ4v) is 3.97. The minimum absolute atomic E-state index is 0.0346. The van der Waals surface area contributed by atoms with Gasteiger partial charge < -0.3 is 5.32 Å². The quantitative estimate of drug-likeness (QED) is 0.552. The minimum Gasteiger partial charge on any atom is -0.302 e. The zero-order chi connectivity index (χ0) is 17.2. The molecule has 0 fully saturated rings. The Morgan fingerprint density at radius 2 is 1.76 bits per heavy atom. The van der Waals surface area contributed by atoms with Gasteiger partial charge >= 0.3 is 0 Å². The van der Waals surface area contributed by atoms with Crippen LogP contribution in [0.1, 0.15) is 18.1 Å². The molecule has 1 aromatic heterocycles. The van der Waals surface area contributed by atoms with Gasteiger partial charge in [0.15, 0.2) is 5.13 Å². The number of thiazole rings is 1. The summed E-state index contributed by atoms with van der Waals surface area (Å²) in [6, 6.07) is 20.5. The third-order valence-electron chi connectivity index (χ3n) is 4.32. The standard InChI is InChI=1S/C21H18N2OS/c1-2-14-7-9-15(10-8-14)13-19(24)23-21-22-18-12-11-16-5-3-4-6-17(16)20(18)25-21/h3-12H,2,13H2,1H3,(H,22,23,24). The van der Waals surface area contributed by atoms with Crippen molar-refractivity contribution < 1.29 is 4.79 Å². The van der Waals surface area contributed by atoms with Crippen LogP contribution in [-0.4, -0.2) is 10.9 Å². The van der Waals surface area contributed by atoms with E-state index in [-0.39, 0.29) is 5.91 Å². The van der Waals surface area contributed by atoms with Crippen LogP contribution in [0.4, 0.5) is 5.13 Å². The molecule has 0 saturated heterocycles. The molecule has 0 radical (unpaired) electrons. The van der Waals surface area contributed by atoms with Crippen molar-refractivity contribution in [1.82, 2.24) is 4.98 Å². The Morgan fingerprint density at radius 1 is 1.00 bits per heavy atom. The van der Waals surface area contributed by atoms with Crippen molar-refractivity contribution in [2.45, 2.75) is 19.8 Å². The van der Waals surface area contributed by atoms with E-state index in [1.807, 2.05) is 30.3 Å². The third kappa shape index (κ3) is 3.26. The summed E-state index contributed by atoms with van der Waals surface area (Å²) in [5.41, 5.74) is 3.22. The van der Waals surface area contributed by atoms with Crippen LogP contribution in [0.2, 0.25) is 0 Å². The van der Waals surface area contributed by atoms with E-state index >= 15 is 0 Å². The van der Waals surface area contributed by atoms with Crippen LogP contribution in [0, 0.1) is 0 Å². The van der Waals surface area contributed by atoms with Gasteiger partial charge in [-0.1, -0.05) is 72.9 Å². The summed E-state index contributed by atoms with van der Waals surface area (Å²) in [6.45, 7) is 2.12. The predicted molar refractivity (Wildman–Crippen MR) is 105 cm³/mol. The number of nitrogens with zero attached hydrogens (tertiary/aromatic N) is 1. The van der Waals surface area contributed by atoms with Gasteiger partial charge in [-0.2, -0.15) is 0 Å². The molecule has 1 heterocycles. The van der Waals surface area contributed by atoms with Gasteiger partial charge in [0.2, 0.25) is 5.91 Å². The molecule has 1 N–H and O–H groups in total. The van der Waals surface area contributed by atoms with Crippen LogP contribution >= 0.6 is 11.3 Å². The number of aryl methyl sites for hydroxylation is 1. The number of rotatable bonds is 4. The first-order chi connectivity index (χ1) is 12.2.